The van der Waals surface area contributed by atoms with Crippen molar-refractivity contribution in [2.75, 3.05) is 37.6 Å². The third-order valence-corrected chi connectivity index (χ3v) is 7.84. The molecule has 4 rings (SSSR count). The number of rotatable bonds is 6. The molecule has 1 amide bonds. The number of carbonyl (C=O) groups excluding carboxylic acids is 1. The van der Waals surface area contributed by atoms with E-state index in [0.717, 1.165) is 20.0 Å². The highest BCUT2D eigenvalue weighted by Gasteiger charge is 2.36. The lowest BCUT2D eigenvalue weighted by molar-refractivity contribution is -0.133. The molecule has 1 aliphatic heterocycles. The van der Waals surface area contributed by atoms with Crippen molar-refractivity contribution in [2.24, 2.45) is 0 Å². The molecule has 1 saturated heterocycles. The Bertz CT molecular complexity index is 930. The molecule has 0 bridgehead atoms. The third kappa shape index (κ3) is 4.78. The molecule has 2 aromatic rings. The Balaban J connectivity index is 1.46. The van der Waals surface area contributed by atoms with Gasteiger partial charge in [-0.05, 0) is 40.4 Å². The summed E-state index contributed by atoms with van der Waals surface area (Å²) in [6.45, 7) is 9.50. The summed E-state index contributed by atoms with van der Waals surface area (Å²) >= 11 is 5.14. The SMILES string of the molecule is CC(C)NC[C@@H](C(=O)N1CCN(c2ncnc3c2[C@H](C)C[C@@H]3F)CC1)c1ccc(Br)s1. The average Bonchev–Trinajstić information content (AvgIpc) is 3.31. The predicted molar refractivity (Wildman–Crippen MR) is 126 cm³/mol. The molecule has 1 N–H and O–H groups in total. The third-order valence-electron chi connectivity index (χ3n) is 6.10. The summed E-state index contributed by atoms with van der Waals surface area (Å²) in [5, 5.41) is 3.43. The topological polar surface area (TPSA) is 61.4 Å². The van der Waals surface area contributed by atoms with Crippen LogP contribution in [0, 0.1) is 0 Å². The molecule has 0 radical (unpaired) electrons. The second-order valence-electron chi connectivity index (χ2n) is 8.67. The number of amides is 1. The molecule has 0 saturated carbocycles. The van der Waals surface area contributed by atoms with E-state index in [-0.39, 0.29) is 17.7 Å². The molecule has 0 aromatic carbocycles. The van der Waals surface area contributed by atoms with Gasteiger partial charge in [-0.1, -0.05) is 20.8 Å². The number of anilines is 1. The van der Waals surface area contributed by atoms with Crippen LogP contribution >= 0.6 is 27.3 Å². The monoisotopic (exact) mass is 509 g/mol. The zero-order valence-corrected chi connectivity index (χ0v) is 20.5. The van der Waals surface area contributed by atoms with Gasteiger partial charge in [-0.15, -0.1) is 11.3 Å². The van der Waals surface area contributed by atoms with Crippen LogP contribution < -0.4 is 10.2 Å². The number of fused-ring (bicyclic) bond motifs is 1. The van der Waals surface area contributed by atoms with Crippen molar-refractivity contribution in [2.45, 2.75) is 51.2 Å². The highest BCUT2D eigenvalue weighted by Crippen LogP contribution is 2.44. The molecule has 9 heteroatoms. The Morgan fingerprint density at radius 2 is 2.03 bits per heavy atom. The fourth-order valence-electron chi connectivity index (χ4n) is 4.45. The number of nitrogens with zero attached hydrogens (tertiary/aromatic N) is 4. The van der Waals surface area contributed by atoms with Gasteiger partial charge in [0, 0.05) is 49.2 Å². The lowest BCUT2D eigenvalue weighted by Gasteiger charge is -2.38. The molecular weight excluding hydrogens is 481 g/mol. The lowest BCUT2D eigenvalue weighted by atomic mass is 10.0. The highest BCUT2D eigenvalue weighted by atomic mass is 79.9. The maximum Gasteiger partial charge on any atom is 0.232 e. The average molecular weight is 510 g/mol. The number of hydrogen-bond donors (Lipinski definition) is 1. The van der Waals surface area contributed by atoms with E-state index in [9.17, 15) is 9.18 Å². The number of nitrogens with one attached hydrogen (secondary N) is 1. The van der Waals surface area contributed by atoms with Crippen molar-refractivity contribution in [1.29, 1.82) is 0 Å². The zero-order chi connectivity index (χ0) is 22.1. The van der Waals surface area contributed by atoms with Crippen LogP contribution in [0.15, 0.2) is 22.2 Å². The normalized spacial score (nSPS) is 22.1. The second kappa shape index (κ2) is 9.50. The van der Waals surface area contributed by atoms with Crippen LogP contribution in [0.1, 0.15) is 61.3 Å². The van der Waals surface area contributed by atoms with Crippen LogP contribution in [-0.2, 0) is 4.79 Å². The van der Waals surface area contributed by atoms with Gasteiger partial charge in [0.05, 0.1) is 15.4 Å². The number of halogens is 2. The lowest BCUT2D eigenvalue weighted by Crippen LogP contribution is -2.51. The minimum absolute atomic E-state index is 0.115. The van der Waals surface area contributed by atoms with E-state index >= 15 is 0 Å². The van der Waals surface area contributed by atoms with Gasteiger partial charge < -0.3 is 15.1 Å². The van der Waals surface area contributed by atoms with Gasteiger partial charge >= 0.3 is 0 Å². The number of piperazine rings is 1. The van der Waals surface area contributed by atoms with Gasteiger partial charge in [0.25, 0.3) is 0 Å². The van der Waals surface area contributed by atoms with E-state index in [0.29, 0.717) is 50.9 Å². The molecule has 1 fully saturated rings. The minimum atomic E-state index is -1.01. The first-order chi connectivity index (χ1) is 14.8. The van der Waals surface area contributed by atoms with Crippen LogP contribution in [0.2, 0.25) is 0 Å². The molecule has 168 valence electrons. The van der Waals surface area contributed by atoms with E-state index in [1.807, 2.05) is 24.0 Å². The number of alkyl halides is 1. The first-order valence-electron chi connectivity index (χ1n) is 10.9. The Morgan fingerprint density at radius 3 is 2.68 bits per heavy atom. The number of carbonyl (C=O) groups is 1. The summed E-state index contributed by atoms with van der Waals surface area (Å²) in [4.78, 5) is 27.3. The highest BCUT2D eigenvalue weighted by molar-refractivity contribution is 9.11. The smallest absolute Gasteiger partial charge is 0.232 e. The molecule has 3 atom stereocenters. The molecule has 2 aromatic heterocycles. The first-order valence-corrected chi connectivity index (χ1v) is 12.5. The molecule has 6 nitrogen and oxygen atoms in total. The predicted octanol–water partition coefficient (Wildman–Crippen LogP) is 4.25. The van der Waals surface area contributed by atoms with Crippen molar-refractivity contribution in [1.82, 2.24) is 20.2 Å². The number of hydrogen-bond acceptors (Lipinski definition) is 6. The maximum absolute atomic E-state index is 14.3. The fraction of sp³-hybridized carbons (Fsp3) is 0.591. The summed E-state index contributed by atoms with van der Waals surface area (Å²) < 4.78 is 15.3. The van der Waals surface area contributed by atoms with Crippen LogP contribution in [0.25, 0.3) is 0 Å². The Hall–Kier alpha value is -1.58. The van der Waals surface area contributed by atoms with E-state index in [1.54, 1.807) is 11.3 Å². The summed E-state index contributed by atoms with van der Waals surface area (Å²) in [7, 11) is 0. The minimum Gasteiger partial charge on any atom is -0.353 e. The molecule has 3 heterocycles. The summed E-state index contributed by atoms with van der Waals surface area (Å²) in [6, 6.07) is 4.36. The van der Waals surface area contributed by atoms with Gasteiger partial charge in [-0.2, -0.15) is 0 Å². The molecule has 0 spiro atoms. The van der Waals surface area contributed by atoms with Crippen LogP contribution in [0.4, 0.5) is 10.2 Å². The molecule has 31 heavy (non-hydrogen) atoms. The van der Waals surface area contributed by atoms with Gasteiger partial charge in [0.1, 0.15) is 18.3 Å². The van der Waals surface area contributed by atoms with Crippen molar-refractivity contribution in [3.63, 3.8) is 0 Å². The Kier molecular flexibility index (Phi) is 6.93. The van der Waals surface area contributed by atoms with E-state index in [2.05, 4.69) is 50.0 Å². The maximum atomic E-state index is 14.3. The van der Waals surface area contributed by atoms with Gasteiger partial charge in [-0.3, -0.25) is 4.79 Å². The molecule has 0 unspecified atom stereocenters. The standard InChI is InChI=1S/C22H29BrFN5OS/c1-13(2)25-11-15(17-4-5-18(23)31-17)22(30)29-8-6-28(7-9-29)21-19-14(3)10-16(24)20(19)26-12-27-21/h4-5,12-16,25H,6-11H2,1-3H3/t14-,15-,16+/m1/s1. The van der Waals surface area contributed by atoms with Crippen LogP contribution in [-0.4, -0.2) is 59.5 Å². The Morgan fingerprint density at radius 1 is 1.29 bits per heavy atom. The summed E-state index contributed by atoms with van der Waals surface area (Å²) in [6.07, 6.45) is 0.938. The van der Waals surface area contributed by atoms with Crippen molar-refractivity contribution >= 4 is 39.0 Å². The summed E-state index contributed by atoms with van der Waals surface area (Å²) in [5.74, 6) is 0.919. The zero-order valence-electron chi connectivity index (χ0n) is 18.1. The second-order valence-corrected chi connectivity index (χ2v) is 11.2. The van der Waals surface area contributed by atoms with Gasteiger partial charge in [0.2, 0.25) is 5.91 Å². The summed E-state index contributed by atoms with van der Waals surface area (Å²) in [5.41, 5.74) is 1.48. The van der Waals surface area contributed by atoms with Crippen molar-refractivity contribution in [3.8, 4) is 0 Å². The molecule has 1 aliphatic carbocycles. The van der Waals surface area contributed by atoms with E-state index in [1.165, 1.54) is 6.33 Å². The van der Waals surface area contributed by atoms with E-state index in [4.69, 9.17) is 0 Å². The van der Waals surface area contributed by atoms with Gasteiger partial charge in [0.15, 0.2) is 0 Å². The largest absolute Gasteiger partial charge is 0.353 e. The van der Waals surface area contributed by atoms with Crippen LogP contribution in [0.3, 0.4) is 0 Å². The Labute approximate surface area is 195 Å². The van der Waals surface area contributed by atoms with Crippen molar-refractivity contribution in [3.05, 3.63) is 38.4 Å². The van der Waals surface area contributed by atoms with Crippen molar-refractivity contribution < 1.29 is 9.18 Å². The fourth-order valence-corrected chi connectivity index (χ4v) is 5.97. The van der Waals surface area contributed by atoms with E-state index < -0.39 is 6.17 Å². The molecule has 2 aliphatic rings. The molecular formula is C22H29BrFN5OS. The van der Waals surface area contributed by atoms with Gasteiger partial charge in [-0.25, -0.2) is 14.4 Å². The first kappa shape index (κ1) is 22.6. The number of thiophene rings is 1. The van der Waals surface area contributed by atoms with Crippen LogP contribution in [0.5, 0.6) is 0 Å². The number of aromatic nitrogens is 2. The quantitative estimate of drug-likeness (QED) is 0.630.